The van der Waals surface area contributed by atoms with Gasteiger partial charge in [-0.1, -0.05) is 0 Å². The van der Waals surface area contributed by atoms with E-state index in [-0.39, 0.29) is 131 Å². The average molecular weight is 528 g/mol. The Bertz CT molecular complexity index is 527. The van der Waals surface area contributed by atoms with Crippen LogP contribution in [0.3, 0.4) is 0 Å². The van der Waals surface area contributed by atoms with Gasteiger partial charge in [-0.05, 0) is 0 Å². The van der Waals surface area contributed by atoms with Crippen LogP contribution in [0.5, 0.6) is 0 Å². The van der Waals surface area contributed by atoms with E-state index in [1.165, 1.54) is 0 Å². The van der Waals surface area contributed by atoms with E-state index in [0.29, 0.717) is 0 Å². The van der Waals surface area contributed by atoms with Crippen molar-refractivity contribution in [1.29, 1.82) is 0 Å². The predicted octanol–water partition coefficient (Wildman–Crippen LogP) is -12.8. The second-order valence-corrected chi connectivity index (χ2v) is 4.83. The van der Waals surface area contributed by atoms with Crippen LogP contribution in [-0.2, 0) is 28.8 Å². The number of rotatable bonds is 10. The molecule has 0 aromatic carbocycles. The number of carbonyl (C=O) groups excluding carboxylic acids is 6. The van der Waals surface area contributed by atoms with Crippen molar-refractivity contribution in [3.8, 4) is 0 Å². The van der Waals surface area contributed by atoms with Crippen LogP contribution in [0.15, 0.2) is 0 Å². The van der Waals surface area contributed by atoms with Gasteiger partial charge in [-0.3, -0.25) is 0 Å². The molecule has 0 aromatic rings. The molecule has 0 rings (SSSR count). The largest absolute Gasteiger partial charge is 2.00 e. The van der Waals surface area contributed by atoms with Gasteiger partial charge in [0.15, 0.2) is 17.4 Å². The van der Waals surface area contributed by atoms with Gasteiger partial charge in [0.05, 0.1) is 11.9 Å². The van der Waals surface area contributed by atoms with Crippen molar-refractivity contribution < 1.29 is 69.6 Å². The Balaban J connectivity index is -0.0000000847. The smallest absolute Gasteiger partial charge is 0.550 e. The van der Waals surface area contributed by atoms with Gasteiger partial charge in [0, 0.05) is 49.6 Å². The summed E-state index contributed by atoms with van der Waals surface area (Å²) in [6.07, 6.45) is -5.43. The minimum atomic E-state index is -2.97. The van der Waals surface area contributed by atoms with Crippen LogP contribution in [0.2, 0.25) is 0 Å². The normalized spacial score (nSPS) is 9.40. The molecule has 0 heterocycles. The number of carboxylic acid groups (broad SMARTS) is 6. The number of carbonyl (C=O) groups is 6. The van der Waals surface area contributed by atoms with E-state index in [9.17, 15) is 59.4 Å². The van der Waals surface area contributed by atoms with Crippen molar-refractivity contribution in [2.75, 3.05) is 0 Å². The summed E-state index contributed by atoms with van der Waals surface area (Å²) in [7, 11) is 0. The van der Waals surface area contributed by atoms with E-state index in [2.05, 4.69) is 0 Å². The van der Waals surface area contributed by atoms with E-state index >= 15 is 0 Å². The van der Waals surface area contributed by atoms with Crippen LogP contribution in [0.4, 0.5) is 0 Å². The van der Waals surface area contributed by atoms with Crippen LogP contribution in [0.25, 0.3) is 0 Å². The van der Waals surface area contributed by atoms with Gasteiger partial charge in [0.25, 0.3) is 0 Å². The molecule has 0 aliphatic heterocycles. The predicted molar refractivity (Wildman–Crippen MR) is 85.6 cm³/mol. The minimum absolute atomic E-state index is 0. The molecule has 0 aromatic heterocycles. The number of aliphatic hydroxyl groups is 2. The molecule has 0 atom stereocenters. The summed E-state index contributed by atoms with van der Waals surface area (Å²) in [5, 5.41) is 77.9. The van der Waals surface area contributed by atoms with Crippen LogP contribution < -0.4 is 30.6 Å². The van der Waals surface area contributed by atoms with E-state index in [4.69, 9.17) is 10.2 Å². The van der Waals surface area contributed by atoms with Gasteiger partial charge in [0.1, 0.15) is 11.2 Å². The van der Waals surface area contributed by atoms with Crippen LogP contribution in [0, 0.1) is 0 Å². The van der Waals surface area contributed by atoms with Gasteiger partial charge in [0.2, 0.25) is 0 Å². The molecular formula is C12H13AlCa3O14. The fraction of sp³-hybridized carbons (Fsp3) is 0.500. The SMILES string of the molecule is O=C([O-])CC(O)(CC(=O)[O-])C(=O)[O-].O=C([O-])CC(O)(CC(=O)[O-])C(=O)[O-].[AlH3].[Ca+2].[Ca+2].[Ca+2]. The molecule has 0 aliphatic carbocycles. The van der Waals surface area contributed by atoms with Crippen molar-refractivity contribution in [3.63, 3.8) is 0 Å². The Morgan fingerprint density at radius 3 is 0.700 bits per heavy atom. The Morgan fingerprint density at radius 2 is 0.633 bits per heavy atom. The summed E-state index contributed by atoms with van der Waals surface area (Å²) in [4.78, 5) is 60.0. The van der Waals surface area contributed by atoms with Crippen molar-refractivity contribution >= 4 is 166 Å². The molecule has 0 spiro atoms. The van der Waals surface area contributed by atoms with Crippen LogP contribution >= 0.6 is 0 Å². The molecule has 18 heteroatoms. The molecule has 0 aliphatic rings. The molecule has 2 N–H and O–H groups in total. The molecule has 0 saturated heterocycles. The molecule has 154 valence electrons. The third-order valence-electron chi connectivity index (χ3n) is 2.51. The third kappa shape index (κ3) is 20.9. The van der Waals surface area contributed by atoms with Gasteiger partial charge >= 0.3 is 113 Å². The number of hydrogen-bond donors (Lipinski definition) is 2. The summed E-state index contributed by atoms with van der Waals surface area (Å²) in [5.41, 5.74) is -5.95. The van der Waals surface area contributed by atoms with E-state index < -0.39 is 72.7 Å². The molecule has 14 nitrogen and oxygen atoms in total. The zero-order valence-electron chi connectivity index (χ0n) is 14.7. The summed E-state index contributed by atoms with van der Waals surface area (Å²) < 4.78 is 0. The van der Waals surface area contributed by atoms with Crippen molar-refractivity contribution in [2.24, 2.45) is 0 Å². The molecule has 0 saturated carbocycles. The summed E-state index contributed by atoms with van der Waals surface area (Å²) in [6, 6.07) is 0. The molecule has 30 heavy (non-hydrogen) atoms. The maximum absolute atomic E-state index is 10.1. The van der Waals surface area contributed by atoms with Crippen LogP contribution in [-0.4, -0.2) is 188 Å². The van der Waals surface area contributed by atoms with E-state index in [0.717, 1.165) is 0 Å². The number of hydrogen-bond acceptors (Lipinski definition) is 14. The number of carboxylic acids is 6. The number of aliphatic carboxylic acids is 6. The first-order valence-corrected chi connectivity index (χ1v) is 6.23. The Kier molecular flexibility index (Phi) is 30.7. The first-order valence-electron chi connectivity index (χ1n) is 6.23. The van der Waals surface area contributed by atoms with Gasteiger partial charge in [-0.15, -0.1) is 0 Å². The second-order valence-electron chi connectivity index (χ2n) is 4.83. The molecule has 0 unspecified atom stereocenters. The zero-order valence-corrected chi connectivity index (χ0v) is 21.4. The Labute approximate surface area is 268 Å². The molecule has 0 bridgehead atoms. The van der Waals surface area contributed by atoms with Crippen molar-refractivity contribution in [1.82, 2.24) is 0 Å². The quantitative estimate of drug-likeness (QED) is 0.249. The second kappa shape index (κ2) is 20.6. The van der Waals surface area contributed by atoms with Gasteiger partial charge < -0.3 is 69.6 Å². The van der Waals surface area contributed by atoms with E-state index in [1.54, 1.807) is 0 Å². The topological polar surface area (TPSA) is 281 Å². The van der Waals surface area contributed by atoms with Crippen molar-refractivity contribution in [2.45, 2.75) is 36.9 Å². The zero-order chi connectivity index (χ0) is 21.3. The maximum atomic E-state index is 10.1. The maximum Gasteiger partial charge on any atom is 2.00 e. The molecule has 0 amide bonds. The minimum Gasteiger partial charge on any atom is -0.550 e. The summed E-state index contributed by atoms with van der Waals surface area (Å²) >= 11 is 0. The van der Waals surface area contributed by atoms with Gasteiger partial charge in [-0.25, -0.2) is 0 Å². The van der Waals surface area contributed by atoms with Crippen molar-refractivity contribution in [3.05, 3.63) is 0 Å². The summed E-state index contributed by atoms with van der Waals surface area (Å²) in [6.45, 7) is 0. The van der Waals surface area contributed by atoms with E-state index in [1.807, 2.05) is 0 Å². The molecule has 0 radical (unpaired) electrons. The Morgan fingerprint density at radius 1 is 0.500 bits per heavy atom. The Hall–Kier alpha value is 1.05. The molecule has 0 fully saturated rings. The standard InChI is InChI=1S/2C6H8O7.Al.3Ca.3H/c2*7-3(8)1-6(13,5(11)12)2-4(9)10;;;;;;;/h2*13H,1-2H2,(H,7,8)(H,9,10)(H,11,12);;;;;;;/q;;;3*+2;;;/p-6. The summed E-state index contributed by atoms with van der Waals surface area (Å²) in [5.74, 6) is -12.0. The first-order chi connectivity index (χ1) is 11.6. The first kappa shape index (κ1) is 44.7. The van der Waals surface area contributed by atoms with Gasteiger partial charge in [-0.2, -0.15) is 0 Å². The third-order valence-corrected chi connectivity index (χ3v) is 2.51. The monoisotopic (exact) mass is 528 g/mol. The van der Waals surface area contributed by atoms with Crippen LogP contribution in [0.1, 0.15) is 25.7 Å². The fourth-order valence-corrected chi connectivity index (χ4v) is 1.37. The average Bonchev–Trinajstić information content (AvgIpc) is 2.34. The molecular weight excluding hydrogens is 515 g/mol. The fourth-order valence-electron chi connectivity index (χ4n) is 1.37.